The van der Waals surface area contributed by atoms with E-state index in [-0.39, 0.29) is 0 Å². The van der Waals surface area contributed by atoms with E-state index in [9.17, 15) is 0 Å². The molecule has 2 aliphatic rings. The minimum Gasteiger partial charge on any atom is -0.289 e. The lowest BCUT2D eigenvalue weighted by Gasteiger charge is -2.36. The van der Waals surface area contributed by atoms with Crippen molar-refractivity contribution in [3.8, 4) is 0 Å². The molecule has 2 atom stereocenters. The van der Waals surface area contributed by atoms with Crippen molar-refractivity contribution in [2.24, 2.45) is 0 Å². The largest absolute Gasteiger partial charge is 0.289 e. The summed E-state index contributed by atoms with van der Waals surface area (Å²) in [6.07, 6.45) is 11.6. The molecule has 2 bridgehead atoms. The molecule has 0 N–H and O–H groups in total. The maximum absolute atomic E-state index is 4.67. The van der Waals surface area contributed by atoms with Crippen molar-refractivity contribution in [1.82, 2.24) is 29.5 Å². The Morgan fingerprint density at radius 3 is 2.77 bits per heavy atom. The summed E-state index contributed by atoms with van der Waals surface area (Å²) in [6.45, 7) is 5.11. The highest BCUT2D eigenvalue weighted by atomic mass is 15.3. The monoisotopic (exact) mass is 348 g/mol. The molecule has 26 heavy (non-hydrogen) atoms. The van der Waals surface area contributed by atoms with Gasteiger partial charge in [0.15, 0.2) is 5.65 Å². The smallest absolute Gasteiger partial charge is 0.155 e. The molecular weight excluding hydrogens is 324 g/mol. The molecule has 5 heterocycles. The molecule has 0 unspecified atom stereocenters. The fourth-order valence-corrected chi connectivity index (χ4v) is 4.57. The van der Waals surface area contributed by atoms with E-state index < -0.39 is 0 Å². The average molecular weight is 348 g/mol. The minimum atomic E-state index is 0.431. The van der Waals surface area contributed by atoms with Gasteiger partial charge < -0.3 is 0 Å². The number of rotatable bonds is 4. The molecule has 3 aromatic rings. The second kappa shape index (κ2) is 6.13. The van der Waals surface area contributed by atoms with E-state index in [0.717, 1.165) is 43.0 Å². The van der Waals surface area contributed by atoms with Gasteiger partial charge in [-0.2, -0.15) is 5.10 Å². The van der Waals surface area contributed by atoms with Crippen molar-refractivity contribution in [2.75, 3.05) is 0 Å². The van der Waals surface area contributed by atoms with Crippen LogP contribution in [0.25, 0.3) is 5.65 Å². The Kier molecular flexibility index (Phi) is 3.74. The normalized spacial score (nSPS) is 22.1. The fraction of sp³-hybridized carbons (Fsp3) is 0.500. The molecule has 5 rings (SSSR count). The zero-order chi connectivity index (χ0) is 17.7. The molecule has 0 radical (unpaired) electrons. The molecule has 0 spiro atoms. The van der Waals surface area contributed by atoms with E-state index >= 15 is 0 Å². The van der Waals surface area contributed by atoms with Crippen LogP contribution in [0.15, 0.2) is 24.7 Å². The van der Waals surface area contributed by atoms with Gasteiger partial charge in [-0.3, -0.25) is 4.90 Å². The Labute approximate surface area is 153 Å². The van der Waals surface area contributed by atoms with E-state index in [0.29, 0.717) is 12.1 Å². The van der Waals surface area contributed by atoms with Gasteiger partial charge in [0.25, 0.3) is 0 Å². The van der Waals surface area contributed by atoms with E-state index in [1.807, 2.05) is 19.3 Å². The van der Waals surface area contributed by atoms with Crippen LogP contribution in [0.4, 0.5) is 0 Å². The Morgan fingerprint density at radius 1 is 1.12 bits per heavy atom. The van der Waals surface area contributed by atoms with Crippen LogP contribution in [-0.2, 0) is 19.4 Å². The van der Waals surface area contributed by atoms with Gasteiger partial charge in [0.2, 0.25) is 0 Å². The van der Waals surface area contributed by atoms with Gasteiger partial charge in [-0.1, -0.05) is 6.92 Å². The Bertz CT molecular complexity index is 945. The van der Waals surface area contributed by atoms with Gasteiger partial charge in [-0.15, -0.1) is 0 Å². The number of fused-ring (bicyclic) bond motifs is 6. The molecule has 134 valence electrons. The van der Waals surface area contributed by atoms with Crippen LogP contribution in [0.3, 0.4) is 0 Å². The molecule has 3 aromatic heterocycles. The summed E-state index contributed by atoms with van der Waals surface area (Å²) >= 11 is 0. The highest BCUT2D eigenvalue weighted by Gasteiger charge is 2.41. The minimum absolute atomic E-state index is 0.431. The summed E-state index contributed by atoms with van der Waals surface area (Å²) in [5.41, 5.74) is 5.90. The Morgan fingerprint density at radius 2 is 1.96 bits per heavy atom. The number of hydrogen-bond donors (Lipinski definition) is 0. The van der Waals surface area contributed by atoms with Gasteiger partial charge in [0, 0.05) is 67.3 Å². The third kappa shape index (κ3) is 2.51. The zero-order valence-electron chi connectivity index (χ0n) is 15.4. The summed E-state index contributed by atoms with van der Waals surface area (Å²) in [4.78, 5) is 16.3. The number of aromatic nitrogens is 5. The summed E-state index contributed by atoms with van der Waals surface area (Å²) in [6, 6.07) is 3.06. The van der Waals surface area contributed by atoms with Gasteiger partial charge in [-0.05, 0) is 26.2 Å². The topological polar surface area (TPSA) is 59.2 Å². The molecular formula is C20H24N6. The molecule has 0 amide bonds. The van der Waals surface area contributed by atoms with Crippen LogP contribution < -0.4 is 0 Å². The lowest BCUT2D eigenvalue weighted by molar-refractivity contribution is 0.164. The van der Waals surface area contributed by atoms with Crippen LogP contribution in [0, 0.1) is 6.92 Å². The molecule has 0 aliphatic carbocycles. The van der Waals surface area contributed by atoms with Crippen molar-refractivity contribution in [3.63, 3.8) is 0 Å². The molecule has 6 nitrogen and oxygen atoms in total. The standard InChI is InChI=1S/C20H24N6/c1-3-4-19-21-9-14(10-22-19)12-25-15-5-6-17(25)16-11-23-20-7-13(2)24-26(20)18(16)8-15/h7,9-11,15,17H,3-6,8,12H2,1-2H3/t15-,17+/m0/s1. The number of nitrogens with zero attached hydrogens (tertiary/aromatic N) is 6. The van der Waals surface area contributed by atoms with Crippen molar-refractivity contribution < 1.29 is 0 Å². The lowest BCUT2D eigenvalue weighted by atomic mass is 9.98. The van der Waals surface area contributed by atoms with Crippen molar-refractivity contribution >= 4 is 5.65 Å². The van der Waals surface area contributed by atoms with Gasteiger partial charge in [-0.25, -0.2) is 19.5 Å². The number of aryl methyl sites for hydroxylation is 2. The van der Waals surface area contributed by atoms with Crippen molar-refractivity contribution in [1.29, 1.82) is 0 Å². The van der Waals surface area contributed by atoms with Crippen molar-refractivity contribution in [2.45, 2.75) is 64.6 Å². The Hall–Kier alpha value is -2.34. The van der Waals surface area contributed by atoms with Crippen LogP contribution in [0.1, 0.15) is 60.6 Å². The summed E-state index contributed by atoms with van der Waals surface area (Å²) in [5.74, 6) is 0.948. The molecule has 1 saturated heterocycles. The highest BCUT2D eigenvalue weighted by Crippen LogP contribution is 2.44. The van der Waals surface area contributed by atoms with Crippen LogP contribution in [0.5, 0.6) is 0 Å². The van der Waals surface area contributed by atoms with Gasteiger partial charge in [0.1, 0.15) is 5.82 Å². The lowest BCUT2D eigenvalue weighted by Crippen LogP contribution is -2.38. The molecule has 2 aliphatic heterocycles. The maximum Gasteiger partial charge on any atom is 0.155 e. The quantitative estimate of drug-likeness (QED) is 0.725. The second-order valence-electron chi connectivity index (χ2n) is 7.60. The van der Waals surface area contributed by atoms with E-state index in [4.69, 9.17) is 0 Å². The van der Waals surface area contributed by atoms with E-state index in [1.165, 1.54) is 29.7 Å². The first-order valence-electron chi connectivity index (χ1n) is 9.62. The average Bonchev–Trinajstić information content (AvgIpc) is 3.15. The summed E-state index contributed by atoms with van der Waals surface area (Å²) in [7, 11) is 0. The third-order valence-electron chi connectivity index (χ3n) is 5.77. The van der Waals surface area contributed by atoms with Crippen LogP contribution >= 0.6 is 0 Å². The SMILES string of the molecule is CCCc1ncc(CN2[C@H]3CC[C@@H]2c2cnc4cc(C)nn4c2C3)cn1. The predicted molar refractivity (Wildman–Crippen MR) is 98.8 cm³/mol. The molecule has 6 heteroatoms. The Balaban J connectivity index is 1.45. The molecule has 0 saturated carbocycles. The van der Waals surface area contributed by atoms with E-state index in [2.05, 4.69) is 48.7 Å². The van der Waals surface area contributed by atoms with Gasteiger partial charge in [0.05, 0.1) is 11.4 Å². The number of hydrogen-bond acceptors (Lipinski definition) is 5. The molecule has 1 fully saturated rings. The highest BCUT2D eigenvalue weighted by molar-refractivity contribution is 5.44. The summed E-state index contributed by atoms with van der Waals surface area (Å²) < 4.78 is 2.07. The van der Waals surface area contributed by atoms with Gasteiger partial charge >= 0.3 is 0 Å². The third-order valence-corrected chi connectivity index (χ3v) is 5.77. The predicted octanol–water partition coefficient (Wildman–Crippen LogP) is 3.04. The van der Waals surface area contributed by atoms with Crippen molar-refractivity contribution in [3.05, 3.63) is 53.0 Å². The van der Waals surface area contributed by atoms with Crippen LogP contribution in [0.2, 0.25) is 0 Å². The first-order chi connectivity index (χ1) is 12.7. The first kappa shape index (κ1) is 15.9. The second-order valence-corrected chi connectivity index (χ2v) is 7.60. The molecule has 0 aromatic carbocycles. The summed E-state index contributed by atoms with van der Waals surface area (Å²) in [5, 5.41) is 4.67. The fourth-order valence-electron chi connectivity index (χ4n) is 4.57. The first-order valence-corrected chi connectivity index (χ1v) is 9.62. The maximum atomic E-state index is 4.67. The zero-order valence-corrected chi connectivity index (χ0v) is 15.4. The van der Waals surface area contributed by atoms with Crippen LogP contribution in [-0.4, -0.2) is 35.5 Å². The van der Waals surface area contributed by atoms with E-state index in [1.54, 1.807) is 0 Å².